The summed E-state index contributed by atoms with van der Waals surface area (Å²) in [5, 5.41) is 12.7. The molecule has 17 heavy (non-hydrogen) atoms. The molecule has 1 aromatic heterocycles. The average Bonchev–Trinajstić information content (AvgIpc) is 2.87. The molecular weight excluding hydrogens is 220 g/mol. The summed E-state index contributed by atoms with van der Waals surface area (Å²) in [7, 11) is 1.89. The van der Waals surface area contributed by atoms with Crippen molar-refractivity contribution in [3.05, 3.63) is 12.2 Å². The first kappa shape index (κ1) is 12.0. The summed E-state index contributed by atoms with van der Waals surface area (Å²) >= 11 is 0. The number of hydrogen-bond acceptors (Lipinski definition) is 4. The predicted molar refractivity (Wildman–Crippen MR) is 61.3 cm³/mol. The molecule has 0 aromatic carbocycles. The first-order valence-electron chi connectivity index (χ1n) is 5.92. The molecular formula is C11H18N4O2. The topological polar surface area (TPSA) is 71.2 Å². The van der Waals surface area contributed by atoms with Gasteiger partial charge in [-0.3, -0.25) is 14.4 Å². The number of rotatable bonds is 5. The van der Waals surface area contributed by atoms with Crippen LogP contribution in [0.5, 0.6) is 0 Å². The van der Waals surface area contributed by atoms with E-state index < -0.39 is 5.97 Å². The van der Waals surface area contributed by atoms with E-state index in [1.807, 2.05) is 7.05 Å². The zero-order valence-corrected chi connectivity index (χ0v) is 10.0. The number of carboxylic acid groups (broad SMARTS) is 1. The maximum atomic E-state index is 10.5. The van der Waals surface area contributed by atoms with Crippen LogP contribution in [0.3, 0.4) is 0 Å². The van der Waals surface area contributed by atoms with E-state index in [2.05, 4.69) is 15.0 Å². The molecule has 1 atom stereocenters. The van der Waals surface area contributed by atoms with E-state index in [1.165, 1.54) is 0 Å². The van der Waals surface area contributed by atoms with E-state index >= 15 is 0 Å². The van der Waals surface area contributed by atoms with Crippen molar-refractivity contribution in [2.24, 2.45) is 13.0 Å². The Labute approximate surface area is 100 Å². The molecule has 1 aliphatic rings. The lowest BCUT2D eigenvalue weighted by Gasteiger charge is -2.14. The van der Waals surface area contributed by atoms with Gasteiger partial charge in [0.15, 0.2) is 0 Å². The molecule has 0 bridgehead atoms. The first-order valence-corrected chi connectivity index (χ1v) is 5.92. The molecule has 0 radical (unpaired) electrons. The third kappa shape index (κ3) is 3.26. The van der Waals surface area contributed by atoms with Crippen molar-refractivity contribution < 1.29 is 9.90 Å². The van der Waals surface area contributed by atoms with Crippen molar-refractivity contribution in [1.29, 1.82) is 0 Å². The van der Waals surface area contributed by atoms with E-state index in [1.54, 1.807) is 11.0 Å². The highest BCUT2D eigenvalue weighted by Crippen LogP contribution is 2.22. The van der Waals surface area contributed by atoms with Crippen molar-refractivity contribution in [2.75, 3.05) is 13.1 Å². The van der Waals surface area contributed by atoms with Gasteiger partial charge in [0, 0.05) is 20.0 Å². The monoisotopic (exact) mass is 238 g/mol. The highest BCUT2D eigenvalue weighted by atomic mass is 16.4. The number of carboxylic acids is 1. The van der Waals surface area contributed by atoms with Gasteiger partial charge in [0.25, 0.3) is 0 Å². The zero-order valence-electron chi connectivity index (χ0n) is 10.0. The quantitative estimate of drug-likeness (QED) is 0.809. The number of carbonyl (C=O) groups is 1. The zero-order chi connectivity index (χ0) is 12.3. The van der Waals surface area contributed by atoms with Crippen molar-refractivity contribution in [3.8, 4) is 0 Å². The Hall–Kier alpha value is -1.43. The molecule has 0 aliphatic carbocycles. The number of nitrogens with zero attached hydrogens (tertiary/aromatic N) is 4. The van der Waals surface area contributed by atoms with Crippen molar-refractivity contribution >= 4 is 5.97 Å². The van der Waals surface area contributed by atoms with Crippen LogP contribution in [0, 0.1) is 5.92 Å². The van der Waals surface area contributed by atoms with Crippen LogP contribution in [-0.4, -0.2) is 43.8 Å². The minimum atomic E-state index is -0.697. The predicted octanol–water partition coefficient (Wildman–Crippen LogP) is 0.502. The van der Waals surface area contributed by atoms with Crippen LogP contribution in [0.25, 0.3) is 0 Å². The molecule has 1 fully saturated rings. The standard InChI is InChI=1S/C11H18N4O2/c1-14-10(12-8-13-14)7-15-5-4-9(6-15)2-3-11(16)17/h8-9H,2-7H2,1H3,(H,16,17). The van der Waals surface area contributed by atoms with Crippen LogP contribution >= 0.6 is 0 Å². The normalized spacial score (nSPS) is 20.9. The van der Waals surface area contributed by atoms with Gasteiger partial charge in [-0.05, 0) is 25.3 Å². The maximum absolute atomic E-state index is 10.5. The van der Waals surface area contributed by atoms with Gasteiger partial charge in [-0.15, -0.1) is 0 Å². The Morgan fingerprint density at radius 2 is 2.47 bits per heavy atom. The highest BCUT2D eigenvalue weighted by Gasteiger charge is 2.23. The van der Waals surface area contributed by atoms with Crippen molar-refractivity contribution in [3.63, 3.8) is 0 Å². The fraction of sp³-hybridized carbons (Fsp3) is 0.727. The van der Waals surface area contributed by atoms with Crippen LogP contribution < -0.4 is 0 Å². The summed E-state index contributed by atoms with van der Waals surface area (Å²) < 4.78 is 1.78. The fourth-order valence-corrected chi connectivity index (χ4v) is 2.28. The van der Waals surface area contributed by atoms with Gasteiger partial charge in [0.05, 0.1) is 6.54 Å². The van der Waals surface area contributed by atoms with E-state index in [9.17, 15) is 4.79 Å². The average molecular weight is 238 g/mol. The second-order valence-electron chi connectivity index (χ2n) is 4.62. The molecule has 1 aliphatic heterocycles. The molecule has 2 rings (SSSR count). The molecule has 6 heteroatoms. The number of hydrogen-bond donors (Lipinski definition) is 1. The summed E-state index contributed by atoms with van der Waals surface area (Å²) in [4.78, 5) is 17.0. The van der Waals surface area contributed by atoms with E-state index in [0.717, 1.165) is 38.3 Å². The van der Waals surface area contributed by atoms with Gasteiger partial charge >= 0.3 is 5.97 Å². The van der Waals surface area contributed by atoms with Crippen LogP contribution in [0.4, 0.5) is 0 Å². The maximum Gasteiger partial charge on any atom is 0.303 e. The van der Waals surface area contributed by atoms with Gasteiger partial charge in [-0.2, -0.15) is 5.10 Å². The van der Waals surface area contributed by atoms with Gasteiger partial charge in [0.1, 0.15) is 12.2 Å². The molecule has 0 amide bonds. The minimum Gasteiger partial charge on any atom is -0.481 e. The van der Waals surface area contributed by atoms with Gasteiger partial charge in [-0.25, -0.2) is 4.98 Å². The number of aryl methyl sites for hydroxylation is 1. The molecule has 2 heterocycles. The Balaban J connectivity index is 1.78. The Morgan fingerprint density at radius 3 is 3.12 bits per heavy atom. The molecule has 1 unspecified atom stereocenters. The van der Waals surface area contributed by atoms with Crippen molar-refractivity contribution in [1.82, 2.24) is 19.7 Å². The number of aliphatic carboxylic acids is 1. The van der Waals surface area contributed by atoms with E-state index in [0.29, 0.717) is 5.92 Å². The third-order valence-corrected chi connectivity index (χ3v) is 3.31. The smallest absolute Gasteiger partial charge is 0.303 e. The van der Waals surface area contributed by atoms with Crippen LogP contribution in [-0.2, 0) is 18.4 Å². The Kier molecular flexibility index (Phi) is 3.73. The summed E-state index contributed by atoms with van der Waals surface area (Å²) in [6.45, 7) is 2.80. The largest absolute Gasteiger partial charge is 0.481 e. The van der Waals surface area contributed by atoms with Crippen LogP contribution in [0.1, 0.15) is 25.1 Å². The Morgan fingerprint density at radius 1 is 1.65 bits per heavy atom. The lowest BCUT2D eigenvalue weighted by molar-refractivity contribution is -0.137. The summed E-state index contributed by atoms with van der Waals surface area (Å²) in [5.41, 5.74) is 0. The summed E-state index contributed by atoms with van der Waals surface area (Å²) in [5.74, 6) is 0.778. The highest BCUT2D eigenvalue weighted by molar-refractivity contribution is 5.66. The second kappa shape index (κ2) is 5.27. The fourth-order valence-electron chi connectivity index (χ4n) is 2.28. The minimum absolute atomic E-state index is 0.280. The van der Waals surface area contributed by atoms with Crippen molar-refractivity contribution in [2.45, 2.75) is 25.8 Å². The summed E-state index contributed by atoms with van der Waals surface area (Å²) in [6.07, 6.45) is 3.71. The molecule has 1 N–H and O–H groups in total. The van der Waals surface area contributed by atoms with E-state index in [4.69, 9.17) is 5.11 Å². The molecule has 1 aromatic rings. The SMILES string of the molecule is Cn1ncnc1CN1CCC(CCC(=O)O)C1. The Bertz CT molecular complexity index is 391. The molecule has 0 spiro atoms. The van der Waals surface area contributed by atoms with Gasteiger partial charge in [0.2, 0.25) is 0 Å². The van der Waals surface area contributed by atoms with Gasteiger partial charge < -0.3 is 5.11 Å². The molecule has 0 saturated carbocycles. The second-order valence-corrected chi connectivity index (χ2v) is 4.62. The lowest BCUT2D eigenvalue weighted by Crippen LogP contribution is -2.22. The van der Waals surface area contributed by atoms with Gasteiger partial charge in [-0.1, -0.05) is 0 Å². The third-order valence-electron chi connectivity index (χ3n) is 3.31. The van der Waals surface area contributed by atoms with E-state index in [-0.39, 0.29) is 6.42 Å². The molecule has 94 valence electrons. The first-order chi connectivity index (χ1) is 8.15. The summed E-state index contributed by atoms with van der Waals surface area (Å²) in [6, 6.07) is 0. The van der Waals surface area contributed by atoms with Crippen LogP contribution in [0.15, 0.2) is 6.33 Å². The number of aromatic nitrogens is 3. The lowest BCUT2D eigenvalue weighted by atomic mass is 10.0. The van der Waals surface area contributed by atoms with Crippen LogP contribution in [0.2, 0.25) is 0 Å². The number of likely N-dealkylation sites (tertiary alicyclic amines) is 1. The molecule has 1 saturated heterocycles. The molecule has 6 nitrogen and oxygen atoms in total.